The first kappa shape index (κ1) is 14.9. The molecule has 4 rings (SSSR count). The Morgan fingerprint density at radius 2 is 2.12 bits per heavy atom. The molecule has 8 nitrogen and oxygen atoms in total. The van der Waals surface area contributed by atoms with E-state index < -0.39 is 5.60 Å². The van der Waals surface area contributed by atoms with Gasteiger partial charge >= 0.3 is 6.09 Å². The number of carbonyl (C=O) groups is 2. The van der Waals surface area contributed by atoms with E-state index in [2.05, 4.69) is 10.1 Å². The summed E-state index contributed by atoms with van der Waals surface area (Å²) in [4.78, 5) is 32.3. The Kier molecular flexibility index (Phi) is 3.06. The van der Waals surface area contributed by atoms with Crippen molar-refractivity contribution in [3.63, 3.8) is 0 Å². The van der Waals surface area contributed by atoms with E-state index in [9.17, 15) is 9.59 Å². The summed E-state index contributed by atoms with van der Waals surface area (Å²) in [6.07, 6.45) is 0.311. The predicted molar refractivity (Wildman–Crippen MR) is 83.6 cm³/mol. The Labute approximate surface area is 138 Å². The highest BCUT2D eigenvalue weighted by Crippen LogP contribution is 2.33. The molecule has 1 unspecified atom stereocenters. The van der Waals surface area contributed by atoms with Gasteiger partial charge in [0.25, 0.3) is 11.6 Å². The lowest BCUT2D eigenvalue weighted by atomic mass is 10.0. The largest absolute Gasteiger partial charge is 0.439 e. The maximum absolute atomic E-state index is 13.0. The zero-order valence-electron chi connectivity index (χ0n) is 13.8. The van der Waals surface area contributed by atoms with Gasteiger partial charge in [0, 0.05) is 25.7 Å². The van der Waals surface area contributed by atoms with Gasteiger partial charge < -0.3 is 19.1 Å². The van der Waals surface area contributed by atoms with Crippen LogP contribution in [0.15, 0.2) is 10.6 Å². The normalized spacial score (nSPS) is 23.5. The average Bonchev–Trinajstić information content (AvgIpc) is 3.18. The third kappa shape index (κ3) is 2.13. The average molecular weight is 330 g/mol. The second kappa shape index (κ2) is 4.93. The van der Waals surface area contributed by atoms with Crippen molar-refractivity contribution >= 4 is 23.1 Å². The number of amides is 2. The molecule has 0 radical (unpaired) electrons. The first-order chi connectivity index (χ1) is 11.4. The van der Waals surface area contributed by atoms with Gasteiger partial charge in [0.05, 0.1) is 29.7 Å². The van der Waals surface area contributed by atoms with E-state index in [-0.39, 0.29) is 12.0 Å². The highest BCUT2D eigenvalue weighted by Gasteiger charge is 2.49. The van der Waals surface area contributed by atoms with E-state index in [1.807, 2.05) is 6.92 Å². The molecule has 4 heterocycles. The van der Waals surface area contributed by atoms with Gasteiger partial charge in [-0.1, -0.05) is 5.16 Å². The summed E-state index contributed by atoms with van der Waals surface area (Å²) in [5.74, 6) is -0.112. The molecule has 126 valence electrons. The Bertz CT molecular complexity index is 861. The number of hydrogen-bond donors (Lipinski definition) is 0. The van der Waals surface area contributed by atoms with Gasteiger partial charge in [-0.2, -0.15) is 0 Å². The summed E-state index contributed by atoms with van der Waals surface area (Å²) in [7, 11) is 1.71. The molecule has 0 aliphatic carbocycles. The number of ether oxygens (including phenoxy) is 1. The van der Waals surface area contributed by atoms with Crippen molar-refractivity contribution in [2.24, 2.45) is 0 Å². The van der Waals surface area contributed by atoms with E-state index in [4.69, 9.17) is 9.26 Å². The van der Waals surface area contributed by atoms with Crippen molar-refractivity contribution in [1.29, 1.82) is 0 Å². The molecule has 2 aromatic heterocycles. The summed E-state index contributed by atoms with van der Waals surface area (Å²) in [5, 5.41) is 4.56. The summed E-state index contributed by atoms with van der Waals surface area (Å²) in [6.45, 7) is 5.06. The van der Waals surface area contributed by atoms with Crippen molar-refractivity contribution in [2.75, 3.05) is 26.7 Å². The van der Waals surface area contributed by atoms with E-state index in [1.54, 1.807) is 29.8 Å². The van der Waals surface area contributed by atoms with Gasteiger partial charge in [0.1, 0.15) is 0 Å². The molecule has 2 aliphatic heterocycles. The molecule has 2 amide bonds. The molecular weight excluding hydrogens is 312 g/mol. The van der Waals surface area contributed by atoms with Gasteiger partial charge in [-0.15, -0.1) is 0 Å². The SMILES string of the molecule is Cc1cc(C(=O)N2CCC3(CN(C)C(=O)O3)C2)c2c(C)noc2n1. The predicted octanol–water partition coefficient (Wildman–Crippen LogP) is 1.51. The minimum Gasteiger partial charge on any atom is -0.439 e. The smallest absolute Gasteiger partial charge is 0.410 e. The van der Waals surface area contributed by atoms with Crippen LogP contribution < -0.4 is 0 Å². The van der Waals surface area contributed by atoms with Crippen LogP contribution in [0.5, 0.6) is 0 Å². The van der Waals surface area contributed by atoms with Gasteiger partial charge in [0.2, 0.25) is 0 Å². The monoisotopic (exact) mass is 330 g/mol. The molecule has 2 fully saturated rings. The molecule has 1 atom stereocenters. The first-order valence-electron chi connectivity index (χ1n) is 7.86. The third-order valence-corrected chi connectivity index (χ3v) is 4.72. The van der Waals surface area contributed by atoms with Crippen molar-refractivity contribution in [1.82, 2.24) is 19.9 Å². The number of carbonyl (C=O) groups excluding carboxylic acids is 2. The zero-order valence-corrected chi connectivity index (χ0v) is 13.8. The number of aromatic nitrogens is 2. The van der Waals surface area contributed by atoms with Crippen molar-refractivity contribution in [3.8, 4) is 0 Å². The first-order valence-corrected chi connectivity index (χ1v) is 7.86. The molecule has 0 bridgehead atoms. The minimum atomic E-state index is -0.591. The minimum absolute atomic E-state index is 0.112. The van der Waals surface area contributed by atoms with Crippen molar-refractivity contribution in [2.45, 2.75) is 25.9 Å². The van der Waals surface area contributed by atoms with Crippen molar-refractivity contribution in [3.05, 3.63) is 23.0 Å². The molecule has 8 heteroatoms. The molecule has 1 spiro atoms. The van der Waals surface area contributed by atoms with Gasteiger partial charge in [0.15, 0.2) is 5.60 Å². The molecule has 0 N–H and O–H groups in total. The zero-order chi connectivity index (χ0) is 17.1. The van der Waals surface area contributed by atoms with Crippen LogP contribution in [0, 0.1) is 13.8 Å². The van der Waals surface area contributed by atoms with Crippen LogP contribution >= 0.6 is 0 Å². The number of hydrogen-bond acceptors (Lipinski definition) is 6. The van der Waals surface area contributed by atoms with Crippen LogP contribution in [0.2, 0.25) is 0 Å². The molecule has 2 aliphatic rings. The molecule has 24 heavy (non-hydrogen) atoms. The standard InChI is InChI=1S/C16H18N4O4/c1-9-6-11(12-10(2)18-24-13(12)17-9)14(21)20-5-4-16(8-20)7-19(3)15(22)23-16/h6H,4-5,7-8H2,1-3H3. The maximum Gasteiger partial charge on any atom is 0.410 e. The van der Waals surface area contributed by atoms with Crippen LogP contribution in [-0.2, 0) is 4.74 Å². The van der Waals surface area contributed by atoms with Crippen LogP contribution in [0.25, 0.3) is 11.1 Å². The third-order valence-electron chi connectivity index (χ3n) is 4.72. The number of pyridine rings is 1. The summed E-state index contributed by atoms with van der Waals surface area (Å²) >= 11 is 0. The van der Waals surface area contributed by atoms with Gasteiger partial charge in [-0.3, -0.25) is 4.79 Å². The highest BCUT2D eigenvalue weighted by atomic mass is 16.6. The van der Waals surface area contributed by atoms with Crippen LogP contribution in [0.4, 0.5) is 4.79 Å². The number of likely N-dealkylation sites (N-methyl/N-ethyl adjacent to an activating group) is 1. The Hall–Kier alpha value is -2.64. The lowest BCUT2D eigenvalue weighted by molar-refractivity contribution is 0.0554. The summed E-state index contributed by atoms with van der Waals surface area (Å²) < 4.78 is 10.7. The van der Waals surface area contributed by atoms with E-state index in [1.165, 1.54) is 0 Å². The van der Waals surface area contributed by atoms with E-state index in [0.29, 0.717) is 54.1 Å². The quantitative estimate of drug-likeness (QED) is 0.787. The Morgan fingerprint density at radius 1 is 1.33 bits per heavy atom. The van der Waals surface area contributed by atoms with Gasteiger partial charge in [-0.25, -0.2) is 9.78 Å². The second-order valence-electron chi connectivity index (χ2n) is 6.64. The number of nitrogens with zero attached hydrogens (tertiary/aromatic N) is 4. The Morgan fingerprint density at radius 3 is 2.83 bits per heavy atom. The molecular formula is C16H18N4O4. The molecule has 0 saturated carbocycles. The van der Waals surface area contributed by atoms with E-state index in [0.717, 1.165) is 0 Å². The van der Waals surface area contributed by atoms with Crippen LogP contribution in [-0.4, -0.2) is 64.2 Å². The fourth-order valence-electron chi connectivity index (χ4n) is 3.58. The Balaban J connectivity index is 1.66. The fourth-order valence-corrected chi connectivity index (χ4v) is 3.58. The summed E-state index contributed by atoms with van der Waals surface area (Å²) in [5.41, 5.74) is 1.65. The van der Waals surface area contributed by atoms with E-state index >= 15 is 0 Å². The summed E-state index contributed by atoms with van der Waals surface area (Å²) in [6, 6.07) is 1.76. The van der Waals surface area contributed by atoms with Crippen LogP contribution in [0.1, 0.15) is 28.2 Å². The topological polar surface area (TPSA) is 88.8 Å². The highest BCUT2D eigenvalue weighted by molar-refractivity contribution is 6.06. The number of fused-ring (bicyclic) bond motifs is 1. The lowest BCUT2D eigenvalue weighted by Gasteiger charge is -2.22. The van der Waals surface area contributed by atoms with Gasteiger partial charge in [-0.05, 0) is 19.9 Å². The van der Waals surface area contributed by atoms with Crippen molar-refractivity contribution < 1.29 is 18.8 Å². The maximum atomic E-state index is 13.0. The second-order valence-corrected chi connectivity index (χ2v) is 6.64. The molecule has 2 aromatic rings. The molecule has 2 saturated heterocycles. The fraction of sp³-hybridized carbons (Fsp3) is 0.500. The number of likely N-dealkylation sites (tertiary alicyclic amines) is 1. The lowest BCUT2D eigenvalue weighted by Crippen LogP contribution is -2.39. The number of aryl methyl sites for hydroxylation is 2. The molecule has 0 aromatic carbocycles. The number of rotatable bonds is 1. The van der Waals surface area contributed by atoms with Crippen LogP contribution in [0.3, 0.4) is 0 Å².